The van der Waals surface area contributed by atoms with Crippen molar-refractivity contribution in [1.82, 2.24) is 4.90 Å². The minimum Gasteiger partial charge on any atom is -0.434 e. The summed E-state index contributed by atoms with van der Waals surface area (Å²) in [5, 5.41) is 9.02. The summed E-state index contributed by atoms with van der Waals surface area (Å²) < 4.78 is 10.9. The molecule has 0 aromatic carbocycles. The Labute approximate surface area is 186 Å². The SMILES string of the molecule is CCCCCCCCCCCCC(CCCCO)OC(=O)OCCCN(CC)CC. The van der Waals surface area contributed by atoms with Crippen molar-refractivity contribution in [3.8, 4) is 0 Å². The molecule has 0 rings (SSSR count). The van der Waals surface area contributed by atoms with Crippen molar-refractivity contribution in [2.24, 2.45) is 0 Å². The molecule has 0 amide bonds. The van der Waals surface area contributed by atoms with Gasteiger partial charge in [0.25, 0.3) is 0 Å². The van der Waals surface area contributed by atoms with Crippen LogP contribution in [0.2, 0.25) is 0 Å². The highest BCUT2D eigenvalue weighted by Gasteiger charge is 2.15. The fourth-order valence-corrected chi connectivity index (χ4v) is 3.76. The Kier molecular flexibility index (Phi) is 22.2. The fraction of sp³-hybridized carbons (Fsp3) is 0.960. The summed E-state index contributed by atoms with van der Waals surface area (Å²) in [5.41, 5.74) is 0. The van der Waals surface area contributed by atoms with Gasteiger partial charge in [-0.3, -0.25) is 0 Å². The van der Waals surface area contributed by atoms with Crippen LogP contribution in [0.3, 0.4) is 0 Å². The molecule has 0 aliphatic rings. The highest BCUT2D eigenvalue weighted by Crippen LogP contribution is 2.16. The average molecular weight is 430 g/mol. The van der Waals surface area contributed by atoms with Crippen LogP contribution < -0.4 is 0 Å². The van der Waals surface area contributed by atoms with E-state index in [9.17, 15) is 4.79 Å². The molecule has 1 atom stereocenters. The molecule has 30 heavy (non-hydrogen) atoms. The number of unbranched alkanes of at least 4 members (excludes halogenated alkanes) is 10. The second-order valence-electron chi connectivity index (χ2n) is 8.41. The van der Waals surface area contributed by atoms with Gasteiger partial charge in [0.15, 0.2) is 0 Å². The minimum absolute atomic E-state index is 0.0825. The lowest BCUT2D eigenvalue weighted by Crippen LogP contribution is -2.25. The molecular weight excluding hydrogens is 378 g/mol. The molecule has 0 spiro atoms. The first-order valence-corrected chi connectivity index (χ1v) is 12.8. The second-order valence-corrected chi connectivity index (χ2v) is 8.41. The third kappa shape index (κ3) is 19.2. The molecule has 1 unspecified atom stereocenters. The first kappa shape index (κ1) is 29.2. The van der Waals surface area contributed by atoms with Crippen LogP contribution in [0.5, 0.6) is 0 Å². The number of carbonyl (C=O) groups excluding carboxylic acids is 1. The van der Waals surface area contributed by atoms with Crippen molar-refractivity contribution in [3.63, 3.8) is 0 Å². The quantitative estimate of drug-likeness (QED) is 0.153. The summed E-state index contributed by atoms with van der Waals surface area (Å²) >= 11 is 0. The van der Waals surface area contributed by atoms with E-state index >= 15 is 0 Å². The van der Waals surface area contributed by atoms with E-state index in [1.54, 1.807) is 0 Å². The summed E-state index contributed by atoms with van der Waals surface area (Å²) in [6, 6.07) is 0. The lowest BCUT2D eigenvalue weighted by atomic mass is 10.0. The maximum atomic E-state index is 12.0. The second kappa shape index (κ2) is 22.9. The average Bonchev–Trinajstić information content (AvgIpc) is 2.75. The van der Waals surface area contributed by atoms with E-state index in [4.69, 9.17) is 14.6 Å². The Morgan fingerprint density at radius 2 is 1.30 bits per heavy atom. The first-order valence-electron chi connectivity index (χ1n) is 12.8. The number of hydrogen-bond donors (Lipinski definition) is 1. The Morgan fingerprint density at radius 1 is 0.767 bits per heavy atom. The third-order valence-corrected chi connectivity index (χ3v) is 5.81. The first-order chi connectivity index (χ1) is 14.7. The van der Waals surface area contributed by atoms with Gasteiger partial charge in [-0.1, -0.05) is 78.6 Å². The van der Waals surface area contributed by atoms with E-state index in [0.717, 1.165) is 58.2 Å². The van der Waals surface area contributed by atoms with Crippen molar-refractivity contribution < 1.29 is 19.4 Å². The van der Waals surface area contributed by atoms with Crippen molar-refractivity contribution in [1.29, 1.82) is 0 Å². The fourth-order valence-electron chi connectivity index (χ4n) is 3.76. The number of ether oxygens (including phenoxy) is 2. The zero-order valence-electron chi connectivity index (χ0n) is 20.3. The molecule has 0 radical (unpaired) electrons. The summed E-state index contributed by atoms with van der Waals surface area (Å²) in [7, 11) is 0. The number of nitrogens with zero attached hydrogens (tertiary/aromatic N) is 1. The number of carbonyl (C=O) groups is 1. The number of hydrogen-bond acceptors (Lipinski definition) is 5. The van der Waals surface area contributed by atoms with Crippen LogP contribution in [-0.2, 0) is 9.47 Å². The molecular formula is C25H51NO4. The number of rotatable bonds is 22. The molecule has 5 heteroatoms. The summed E-state index contributed by atoms with van der Waals surface area (Å²) in [6.45, 7) is 10.1. The molecule has 0 fully saturated rings. The smallest absolute Gasteiger partial charge is 0.434 e. The highest BCUT2D eigenvalue weighted by molar-refractivity contribution is 5.60. The van der Waals surface area contributed by atoms with E-state index < -0.39 is 6.16 Å². The zero-order valence-corrected chi connectivity index (χ0v) is 20.3. The Bertz CT molecular complexity index is 361. The third-order valence-electron chi connectivity index (χ3n) is 5.81. The summed E-state index contributed by atoms with van der Waals surface area (Å²) in [5.74, 6) is 0. The van der Waals surface area contributed by atoms with Gasteiger partial charge in [0.2, 0.25) is 0 Å². The molecule has 0 aromatic heterocycles. The minimum atomic E-state index is -0.532. The van der Waals surface area contributed by atoms with Gasteiger partial charge in [0, 0.05) is 13.2 Å². The van der Waals surface area contributed by atoms with Crippen LogP contribution in [0, 0.1) is 0 Å². The van der Waals surface area contributed by atoms with Gasteiger partial charge < -0.3 is 19.5 Å². The monoisotopic (exact) mass is 429 g/mol. The maximum Gasteiger partial charge on any atom is 0.508 e. The van der Waals surface area contributed by atoms with E-state index in [1.165, 1.54) is 57.8 Å². The van der Waals surface area contributed by atoms with Gasteiger partial charge in [-0.05, 0) is 51.6 Å². The molecule has 0 saturated carbocycles. The van der Waals surface area contributed by atoms with Crippen molar-refractivity contribution >= 4 is 6.16 Å². The molecule has 1 N–H and O–H groups in total. The van der Waals surface area contributed by atoms with E-state index in [0.29, 0.717) is 6.61 Å². The van der Waals surface area contributed by atoms with Crippen LogP contribution in [0.25, 0.3) is 0 Å². The molecule has 0 saturated heterocycles. The van der Waals surface area contributed by atoms with Crippen LogP contribution in [0.1, 0.15) is 117 Å². The van der Waals surface area contributed by atoms with Crippen LogP contribution in [0.15, 0.2) is 0 Å². The topological polar surface area (TPSA) is 59.0 Å². The maximum absolute atomic E-state index is 12.0. The molecule has 180 valence electrons. The molecule has 0 aromatic rings. The molecule has 0 aliphatic heterocycles. The van der Waals surface area contributed by atoms with Crippen LogP contribution in [0.4, 0.5) is 4.79 Å². The Morgan fingerprint density at radius 3 is 1.83 bits per heavy atom. The molecule has 5 nitrogen and oxygen atoms in total. The Balaban J connectivity index is 3.91. The molecule has 0 bridgehead atoms. The van der Waals surface area contributed by atoms with E-state index in [2.05, 4.69) is 25.7 Å². The zero-order chi connectivity index (χ0) is 22.3. The van der Waals surface area contributed by atoms with E-state index in [-0.39, 0.29) is 12.7 Å². The lowest BCUT2D eigenvalue weighted by Gasteiger charge is -2.19. The van der Waals surface area contributed by atoms with Gasteiger partial charge in [0.1, 0.15) is 6.10 Å². The van der Waals surface area contributed by atoms with E-state index in [1.807, 2.05) is 0 Å². The Hall–Kier alpha value is -0.810. The van der Waals surface area contributed by atoms with Gasteiger partial charge in [-0.15, -0.1) is 0 Å². The standard InChI is InChI=1S/C25H51NO4/c1-4-7-8-9-10-11-12-13-14-15-19-24(20-16-17-22-27)30-25(28)29-23-18-21-26(5-2)6-3/h24,27H,4-23H2,1-3H3. The van der Waals surface area contributed by atoms with Crippen molar-refractivity contribution in [3.05, 3.63) is 0 Å². The molecule has 0 aliphatic carbocycles. The summed E-state index contributed by atoms with van der Waals surface area (Å²) in [4.78, 5) is 14.4. The predicted molar refractivity (Wildman–Crippen MR) is 126 cm³/mol. The van der Waals surface area contributed by atoms with Gasteiger partial charge >= 0.3 is 6.16 Å². The lowest BCUT2D eigenvalue weighted by molar-refractivity contribution is 0.0144. The van der Waals surface area contributed by atoms with Crippen LogP contribution >= 0.6 is 0 Å². The number of aliphatic hydroxyl groups is 1. The number of aliphatic hydroxyl groups excluding tert-OH is 1. The van der Waals surface area contributed by atoms with Crippen molar-refractivity contribution in [2.45, 2.75) is 123 Å². The van der Waals surface area contributed by atoms with Crippen molar-refractivity contribution in [2.75, 3.05) is 32.8 Å². The van der Waals surface area contributed by atoms with Crippen LogP contribution in [-0.4, -0.2) is 55.1 Å². The van der Waals surface area contributed by atoms with Gasteiger partial charge in [0.05, 0.1) is 6.61 Å². The predicted octanol–water partition coefficient (Wildman–Crippen LogP) is 6.71. The highest BCUT2D eigenvalue weighted by atomic mass is 16.7. The van der Waals surface area contributed by atoms with Gasteiger partial charge in [-0.2, -0.15) is 0 Å². The normalized spacial score (nSPS) is 12.3. The molecule has 0 heterocycles. The largest absolute Gasteiger partial charge is 0.508 e. The van der Waals surface area contributed by atoms with Gasteiger partial charge in [-0.25, -0.2) is 4.79 Å². The summed E-state index contributed by atoms with van der Waals surface area (Å²) in [6.07, 6.45) is 16.6.